The maximum absolute atomic E-state index is 12.7. The predicted octanol–water partition coefficient (Wildman–Crippen LogP) is 2.80. The maximum atomic E-state index is 12.7. The molecule has 0 atom stereocenters. The van der Waals surface area contributed by atoms with Gasteiger partial charge in [-0.3, -0.25) is 14.5 Å². The lowest BCUT2D eigenvalue weighted by Gasteiger charge is -2.35. The van der Waals surface area contributed by atoms with E-state index in [-0.39, 0.29) is 24.0 Å². The van der Waals surface area contributed by atoms with Crippen LogP contribution in [-0.2, 0) is 9.59 Å². The average molecular weight is 320 g/mol. The Labute approximate surface area is 133 Å². The molecule has 0 spiro atoms. The zero-order valence-corrected chi connectivity index (χ0v) is 12.9. The van der Waals surface area contributed by atoms with Gasteiger partial charge in [0.15, 0.2) is 0 Å². The Morgan fingerprint density at radius 2 is 1.82 bits per heavy atom. The molecule has 22 heavy (non-hydrogen) atoms. The van der Waals surface area contributed by atoms with Crippen molar-refractivity contribution in [1.82, 2.24) is 4.90 Å². The number of carbonyl (C=O) groups excluding carboxylic acids is 2. The van der Waals surface area contributed by atoms with Crippen LogP contribution in [0.5, 0.6) is 0 Å². The molecule has 4 nitrogen and oxygen atoms in total. The summed E-state index contributed by atoms with van der Waals surface area (Å²) in [6.45, 7) is 2.21. The number of rotatable bonds is 4. The Hall–Kier alpha value is -1.82. The third-order valence-electron chi connectivity index (χ3n) is 4.23. The van der Waals surface area contributed by atoms with Crippen molar-refractivity contribution in [2.45, 2.75) is 17.7 Å². The summed E-state index contributed by atoms with van der Waals surface area (Å²) in [4.78, 5) is 27.3. The Morgan fingerprint density at radius 1 is 1.14 bits per heavy atom. The van der Waals surface area contributed by atoms with Crippen LogP contribution in [0, 0.1) is 5.92 Å². The minimum Gasteiger partial charge on any atom is -0.371 e. The first-order chi connectivity index (χ1) is 10.7. The Bertz CT molecular complexity index is 594. The lowest BCUT2D eigenvalue weighted by molar-refractivity contribution is -0.137. The van der Waals surface area contributed by atoms with Gasteiger partial charge in [0.25, 0.3) is 11.8 Å². The topological polar surface area (TPSA) is 40.6 Å². The van der Waals surface area contributed by atoms with E-state index in [1.807, 2.05) is 18.2 Å². The van der Waals surface area contributed by atoms with E-state index >= 15 is 0 Å². The highest BCUT2D eigenvalue weighted by Gasteiger charge is 2.28. The molecule has 6 heteroatoms. The first kappa shape index (κ1) is 15.1. The number of hydrogen-bond donors (Lipinski definition) is 0. The molecule has 0 N–H and O–H groups in total. The molecule has 2 amide bonds. The molecule has 1 aromatic rings. The largest absolute Gasteiger partial charge is 0.371 e. The number of nitrogens with zero attached hydrogens (tertiary/aromatic N) is 2. The smallest absolute Gasteiger partial charge is 0.253 e. The van der Waals surface area contributed by atoms with Gasteiger partial charge in [-0.1, -0.05) is 6.07 Å². The van der Waals surface area contributed by atoms with Crippen molar-refractivity contribution in [3.05, 3.63) is 36.4 Å². The summed E-state index contributed by atoms with van der Waals surface area (Å²) in [5, 5.41) is 0. The number of imide groups is 1. The summed E-state index contributed by atoms with van der Waals surface area (Å²) in [6.07, 6.45) is 4.50. The molecule has 1 fully saturated rings. The fraction of sp³-hybridized carbons (Fsp3) is 0.375. The van der Waals surface area contributed by atoms with Crippen LogP contribution in [0.2, 0.25) is 0 Å². The number of carbonyl (C=O) groups is 2. The van der Waals surface area contributed by atoms with E-state index in [9.17, 15) is 13.5 Å². The van der Waals surface area contributed by atoms with Crippen molar-refractivity contribution in [3.8, 4) is 0 Å². The second-order valence-electron chi connectivity index (χ2n) is 5.63. The van der Waals surface area contributed by atoms with Crippen LogP contribution in [0.4, 0.5) is 9.57 Å². The van der Waals surface area contributed by atoms with E-state index in [1.165, 1.54) is 17.1 Å². The van der Waals surface area contributed by atoms with E-state index in [0.29, 0.717) is 17.4 Å². The standard InChI is InChI=1S/C16H17FN2O2S/c17-22-14-3-1-2-13(10-14)18-8-6-12(7-9-18)11-19-15(20)4-5-16(19)21/h1-5,10,12H,6-9,11H2. The second-order valence-corrected chi connectivity index (χ2v) is 6.25. The third kappa shape index (κ3) is 3.16. The highest BCUT2D eigenvalue weighted by Crippen LogP contribution is 2.28. The van der Waals surface area contributed by atoms with Crippen molar-refractivity contribution >= 4 is 29.6 Å². The van der Waals surface area contributed by atoms with Gasteiger partial charge in [0.2, 0.25) is 0 Å². The molecule has 0 bridgehead atoms. The lowest BCUT2D eigenvalue weighted by Crippen LogP contribution is -2.40. The quantitative estimate of drug-likeness (QED) is 0.800. The molecular weight excluding hydrogens is 303 g/mol. The molecule has 0 radical (unpaired) electrons. The zero-order valence-electron chi connectivity index (χ0n) is 12.1. The van der Waals surface area contributed by atoms with E-state index in [0.717, 1.165) is 31.6 Å². The Balaban J connectivity index is 1.56. The summed E-state index contributed by atoms with van der Waals surface area (Å²) >= 11 is 0.254. The molecular formula is C16H17FN2O2S. The predicted molar refractivity (Wildman–Crippen MR) is 84.2 cm³/mol. The van der Waals surface area contributed by atoms with Crippen molar-refractivity contribution in [1.29, 1.82) is 0 Å². The minimum absolute atomic E-state index is 0.208. The normalized spacial score (nSPS) is 19.3. The van der Waals surface area contributed by atoms with Crippen molar-refractivity contribution in [3.63, 3.8) is 0 Å². The van der Waals surface area contributed by atoms with Crippen LogP contribution >= 0.6 is 12.1 Å². The SMILES string of the molecule is O=C1C=CC(=O)N1CC1CCN(c2cccc(SF)c2)CC1. The molecule has 0 unspecified atom stereocenters. The summed E-state index contributed by atoms with van der Waals surface area (Å²) in [5.41, 5.74) is 1.02. The van der Waals surface area contributed by atoms with Crippen LogP contribution in [0.1, 0.15) is 12.8 Å². The van der Waals surface area contributed by atoms with Gasteiger partial charge in [-0.25, -0.2) is 0 Å². The van der Waals surface area contributed by atoms with Crippen LogP contribution in [0.3, 0.4) is 0 Å². The molecule has 116 valence electrons. The Kier molecular flexibility index (Phi) is 4.47. The molecule has 3 rings (SSSR count). The summed E-state index contributed by atoms with van der Waals surface area (Å²) < 4.78 is 12.7. The summed E-state index contributed by atoms with van der Waals surface area (Å²) in [5.74, 6) is -0.0806. The molecule has 1 saturated heterocycles. The monoisotopic (exact) mass is 320 g/mol. The fourth-order valence-electron chi connectivity index (χ4n) is 2.97. The van der Waals surface area contributed by atoms with E-state index in [2.05, 4.69) is 4.90 Å². The van der Waals surface area contributed by atoms with Gasteiger partial charge in [-0.05, 0) is 37.0 Å². The molecule has 0 aliphatic carbocycles. The average Bonchev–Trinajstić information content (AvgIpc) is 2.87. The zero-order chi connectivity index (χ0) is 15.5. The van der Waals surface area contributed by atoms with Crippen LogP contribution < -0.4 is 4.90 Å². The third-order valence-corrected chi connectivity index (χ3v) is 4.66. The van der Waals surface area contributed by atoms with Crippen molar-refractivity contribution in [2.24, 2.45) is 5.92 Å². The van der Waals surface area contributed by atoms with Gasteiger partial charge >= 0.3 is 0 Å². The first-order valence-electron chi connectivity index (χ1n) is 7.34. The number of halogens is 1. The van der Waals surface area contributed by atoms with Crippen LogP contribution in [0.15, 0.2) is 41.3 Å². The molecule has 1 aromatic carbocycles. The van der Waals surface area contributed by atoms with E-state index in [4.69, 9.17) is 0 Å². The van der Waals surface area contributed by atoms with Gasteiger partial charge in [0.05, 0.1) is 12.1 Å². The number of anilines is 1. The van der Waals surface area contributed by atoms with E-state index < -0.39 is 0 Å². The van der Waals surface area contributed by atoms with Crippen molar-refractivity contribution in [2.75, 3.05) is 24.5 Å². The van der Waals surface area contributed by atoms with Gasteiger partial charge in [-0.2, -0.15) is 3.89 Å². The minimum atomic E-state index is -0.208. The second kappa shape index (κ2) is 6.52. The summed E-state index contributed by atoms with van der Waals surface area (Å²) in [6, 6.07) is 7.44. The Morgan fingerprint density at radius 3 is 2.45 bits per heavy atom. The van der Waals surface area contributed by atoms with Gasteiger partial charge in [0, 0.05) is 42.4 Å². The fourth-order valence-corrected chi connectivity index (χ4v) is 3.27. The maximum Gasteiger partial charge on any atom is 0.253 e. The molecule has 0 saturated carbocycles. The molecule has 2 heterocycles. The van der Waals surface area contributed by atoms with Gasteiger partial charge in [0.1, 0.15) is 0 Å². The van der Waals surface area contributed by atoms with Crippen LogP contribution in [0.25, 0.3) is 0 Å². The number of piperidine rings is 1. The van der Waals surface area contributed by atoms with E-state index in [1.54, 1.807) is 6.07 Å². The lowest BCUT2D eigenvalue weighted by atomic mass is 9.96. The molecule has 0 aromatic heterocycles. The number of hydrogen-bond acceptors (Lipinski definition) is 4. The highest BCUT2D eigenvalue weighted by atomic mass is 32.2. The number of amides is 2. The van der Waals surface area contributed by atoms with Crippen LogP contribution in [-0.4, -0.2) is 36.3 Å². The van der Waals surface area contributed by atoms with Gasteiger partial charge in [-0.15, -0.1) is 0 Å². The number of benzene rings is 1. The first-order valence-corrected chi connectivity index (χ1v) is 8.06. The summed E-state index contributed by atoms with van der Waals surface area (Å²) in [7, 11) is 0. The van der Waals surface area contributed by atoms with Crippen molar-refractivity contribution < 1.29 is 13.5 Å². The molecule has 2 aliphatic heterocycles. The highest BCUT2D eigenvalue weighted by molar-refractivity contribution is 7.94. The molecule has 2 aliphatic rings. The van der Waals surface area contributed by atoms with Gasteiger partial charge < -0.3 is 4.90 Å².